The maximum Gasteiger partial charge on any atom is 1.00 e. The fourth-order valence-corrected chi connectivity index (χ4v) is 2.86. The zero-order valence-electron chi connectivity index (χ0n) is 6.92. The molecular weight excluding hydrogens is 214 g/mol. The van der Waals surface area contributed by atoms with E-state index >= 15 is 0 Å². The van der Waals surface area contributed by atoms with E-state index in [-0.39, 0.29) is 56.8 Å². The monoisotopic (exact) mass is 222 g/mol. The summed E-state index contributed by atoms with van der Waals surface area (Å²) < 4.78 is 36.7. The molecule has 12 heavy (non-hydrogen) atoms. The van der Waals surface area contributed by atoms with Gasteiger partial charge in [0.1, 0.15) is 0 Å². The van der Waals surface area contributed by atoms with Gasteiger partial charge in [-0.15, -0.1) is 11.6 Å². The Bertz CT molecular complexity index is 186. The summed E-state index contributed by atoms with van der Waals surface area (Å²) in [5.41, 5.74) is -0.112. The summed E-state index contributed by atoms with van der Waals surface area (Å²) in [5.74, 6) is 0.404. The van der Waals surface area contributed by atoms with Gasteiger partial charge in [-0.1, -0.05) is 24.6 Å². The number of halogens is 4. The summed E-state index contributed by atoms with van der Waals surface area (Å²) in [6.07, 6.45) is 0.896. The van der Waals surface area contributed by atoms with Crippen LogP contribution in [0.2, 0.25) is 5.31 Å². The SMILES string of the molecule is F[B-](F)(F)C12CC(CCl)(C1)C2.[K+]. The molecule has 0 atom stereocenters. The second kappa shape index (κ2) is 3.14. The fraction of sp³-hybridized carbons (Fsp3) is 1.00. The van der Waals surface area contributed by atoms with Crippen molar-refractivity contribution in [1.82, 2.24) is 0 Å². The van der Waals surface area contributed by atoms with E-state index in [9.17, 15) is 12.9 Å². The zero-order chi connectivity index (χ0) is 8.33. The van der Waals surface area contributed by atoms with Crippen molar-refractivity contribution < 1.29 is 64.3 Å². The van der Waals surface area contributed by atoms with Crippen LogP contribution in [0.15, 0.2) is 0 Å². The molecule has 3 rings (SSSR count). The molecule has 3 aliphatic carbocycles. The molecule has 0 N–H and O–H groups in total. The molecule has 3 aliphatic rings. The van der Waals surface area contributed by atoms with Crippen LogP contribution in [0.4, 0.5) is 12.9 Å². The molecule has 0 aromatic carbocycles. The van der Waals surface area contributed by atoms with Crippen LogP contribution in [0.3, 0.4) is 0 Å². The summed E-state index contributed by atoms with van der Waals surface area (Å²) in [7, 11) is 0. The van der Waals surface area contributed by atoms with Gasteiger partial charge >= 0.3 is 58.4 Å². The van der Waals surface area contributed by atoms with Gasteiger partial charge in [-0.05, 0) is 5.41 Å². The van der Waals surface area contributed by atoms with Crippen LogP contribution < -0.4 is 51.4 Å². The second-order valence-corrected chi connectivity index (χ2v) is 4.37. The smallest absolute Gasteiger partial charge is 0.449 e. The first kappa shape index (κ1) is 11.9. The van der Waals surface area contributed by atoms with Crippen molar-refractivity contribution in [3.63, 3.8) is 0 Å². The molecule has 0 aliphatic heterocycles. The van der Waals surface area contributed by atoms with E-state index in [1.165, 1.54) is 0 Å². The Morgan fingerprint density at radius 1 is 1.17 bits per heavy atom. The van der Waals surface area contributed by atoms with E-state index in [1.807, 2.05) is 0 Å². The molecule has 0 unspecified atom stereocenters. The van der Waals surface area contributed by atoms with Crippen molar-refractivity contribution in [2.75, 3.05) is 5.88 Å². The minimum atomic E-state index is -4.60. The van der Waals surface area contributed by atoms with E-state index in [4.69, 9.17) is 11.6 Å². The van der Waals surface area contributed by atoms with E-state index in [2.05, 4.69) is 0 Å². The van der Waals surface area contributed by atoms with Gasteiger partial charge in [0.25, 0.3) is 0 Å². The third-order valence-electron chi connectivity index (χ3n) is 3.16. The summed E-state index contributed by atoms with van der Waals surface area (Å²) in [6, 6.07) is 0. The molecule has 0 aromatic heterocycles. The first-order chi connectivity index (χ1) is 4.93. The first-order valence-electron chi connectivity index (χ1n) is 3.69. The molecule has 3 saturated carbocycles. The predicted octanol–water partition coefficient (Wildman–Crippen LogP) is 0.000900. The van der Waals surface area contributed by atoms with Crippen molar-refractivity contribution in [2.45, 2.75) is 24.6 Å². The topological polar surface area (TPSA) is 0 Å². The molecule has 0 radical (unpaired) electrons. The largest absolute Gasteiger partial charge is 1.00 e. The van der Waals surface area contributed by atoms with Crippen LogP contribution in [0, 0.1) is 5.41 Å². The predicted molar refractivity (Wildman–Crippen MR) is 38.8 cm³/mol. The Kier molecular flexibility index (Phi) is 3.10. The summed E-state index contributed by atoms with van der Waals surface area (Å²) >= 11 is 5.53. The Labute approximate surface area is 117 Å². The molecule has 2 bridgehead atoms. The maximum atomic E-state index is 12.2. The van der Waals surface area contributed by atoms with Gasteiger partial charge in [0.15, 0.2) is 0 Å². The molecule has 0 spiro atoms. The molecule has 64 valence electrons. The Morgan fingerprint density at radius 2 is 1.58 bits per heavy atom. The normalized spacial score (nSPS) is 44.0. The van der Waals surface area contributed by atoms with Gasteiger partial charge in [-0.25, -0.2) is 0 Å². The number of rotatable bonds is 2. The quantitative estimate of drug-likeness (QED) is 0.456. The van der Waals surface area contributed by atoms with Gasteiger partial charge in [-0.3, -0.25) is 0 Å². The summed E-state index contributed by atoms with van der Waals surface area (Å²) in [6.45, 7) is -4.60. The average Bonchev–Trinajstić information content (AvgIpc) is 1.53. The van der Waals surface area contributed by atoms with Crippen LogP contribution >= 0.6 is 11.6 Å². The zero-order valence-corrected chi connectivity index (χ0v) is 10.8. The number of hydrogen-bond acceptors (Lipinski definition) is 0. The Balaban J connectivity index is 0.000000720. The van der Waals surface area contributed by atoms with Crippen molar-refractivity contribution in [1.29, 1.82) is 0 Å². The van der Waals surface area contributed by atoms with Crippen molar-refractivity contribution >= 4 is 18.6 Å². The average molecular weight is 222 g/mol. The standard InChI is InChI=1S/C6H8BClF3.K/c8-4-5-1-6(2-5,3-5)7(9,10)11;/h1-4H2;/q-1;+1. The van der Waals surface area contributed by atoms with E-state index in [0.717, 1.165) is 0 Å². The van der Waals surface area contributed by atoms with Crippen LogP contribution in [0.25, 0.3) is 0 Å². The van der Waals surface area contributed by atoms with Crippen molar-refractivity contribution in [3.05, 3.63) is 0 Å². The Hall–Kier alpha value is 1.78. The molecule has 6 heteroatoms. The molecule has 3 fully saturated rings. The molecule has 0 nitrogen and oxygen atoms in total. The molecule has 0 saturated heterocycles. The fourth-order valence-electron chi connectivity index (χ4n) is 2.57. The number of alkyl halides is 1. The molecule has 0 aromatic rings. The van der Waals surface area contributed by atoms with E-state index in [0.29, 0.717) is 25.1 Å². The van der Waals surface area contributed by atoms with Crippen LogP contribution in [0.5, 0.6) is 0 Å². The van der Waals surface area contributed by atoms with Gasteiger partial charge in [0.05, 0.1) is 0 Å². The molecular formula is C6H8BClF3K. The summed E-state index contributed by atoms with van der Waals surface area (Å²) in [4.78, 5) is 0. The van der Waals surface area contributed by atoms with E-state index < -0.39 is 12.3 Å². The van der Waals surface area contributed by atoms with Crippen LogP contribution in [0.1, 0.15) is 19.3 Å². The third-order valence-corrected chi connectivity index (χ3v) is 3.73. The van der Waals surface area contributed by atoms with Crippen LogP contribution in [-0.2, 0) is 0 Å². The van der Waals surface area contributed by atoms with Gasteiger partial charge < -0.3 is 12.9 Å². The second-order valence-electron chi connectivity index (χ2n) is 4.10. The van der Waals surface area contributed by atoms with Crippen molar-refractivity contribution in [2.24, 2.45) is 5.41 Å². The molecule has 0 heterocycles. The van der Waals surface area contributed by atoms with E-state index in [1.54, 1.807) is 0 Å². The van der Waals surface area contributed by atoms with Gasteiger partial charge in [-0.2, -0.15) is 0 Å². The summed E-state index contributed by atoms with van der Waals surface area (Å²) in [5, 5.41) is -1.26. The van der Waals surface area contributed by atoms with Gasteiger partial charge in [0, 0.05) is 5.88 Å². The van der Waals surface area contributed by atoms with Crippen molar-refractivity contribution in [3.8, 4) is 0 Å². The maximum absolute atomic E-state index is 12.2. The minimum absolute atomic E-state index is 0. The molecule has 0 amide bonds. The van der Waals surface area contributed by atoms with Crippen LogP contribution in [-0.4, -0.2) is 12.9 Å². The third kappa shape index (κ3) is 1.36. The van der Waals surface area contributed by atoms with Gasteiger partial charge in [0.2, 0.25) is 0 Å². The number of hydrogen-bond donors (Lipinski definition) is 0. The first-order valence-corrected chi connectivity index (χ1v) is 4.22. The Morgan fingerprint density at radius 3 is 1.83 bits per heavy atom. The minimum Gasteiger partial charge on any atom is -0.449 e.